The zero-order valence-corrected chi connectivity index (χ0v) is 9.27. The van der Waals surface area contributed by atoms with Crippen LogP contribution in [-0.2, 0) is 16.1 Å². The Kier molecular flexibility index (Phi) is 5.28. The number of hydrogen-bond acceptors (Lipinski definition) is 5. The van der Waals surface area contributed by atoms with Gasteiger partial charge in [0.05, 0.1) is 19.0 Å². The lowest BCUT2D eigenvalue weighted by Crippen LogP contribution is -2.16. The van der Waals surface area contributed by atoms with Crippen LogP contribution >= 0.6 is 0 Å². The van der Waals surface area contributed by atoms with E-state index in [1.165, 1.54) is 13.3 Å². The van der Waals surface area contributed by atoms with Gasteiger partial charge in [-0.3, -0.25) is 9.78 Å². The van der Waals surface area contributed by atoms with Crippen LogP contribution in [0.1, 0.15) is 18.5 Å². The Bertz CT molecular complexity index is 325. The van der Waals surface area contributed by atoms with E-state index in [-0.39, 0.29) is 11.7 Å². The maximum atomic E-state index is 10.8. The number of nitrogens with one attached hydrogen (secondary N) is 1. The molecule has 88 valence electrons. The number of hydrogen-bond donors (Lipinski definition) is 2. The van der Waals surface area contributed by atoms with Crippen LogP contribution in [0.4, 0.5) is 0 Å². The third-order valence-corrected chi connectivity index (χ3v) is 2.08. The van der Waals surface area contributed by atoms with Gasteiger partial charge in [-0.05, 0) is 25.1 Å². The van der Waals surface area contributed by atoms with E-state index in [1.807, 2.05) is 0 Å². The highest BCUT2D eigenvalue weighted by Gasteiger charge is 1.99. The van der Waals surface area contributed by atoms with Crippen molar-refractivity contribution in [1.82, 2.24) is 10.3 Å². The van der Waals surface area contributed by atoms with Crippen LogP contribution in [0, 0.1) is 0 Å². The molecular formula is C11H16N2O3. The van der Waals surface area contributed by atoms with E-state index < -0.39 is 0 Å². The number of esters is 1. The quantitative estimate of drug-likeness (QED) is 0.553. The molecule has 0 aliphatic rings. The third-order valence-electron chi connectivity index (χ3n) is 2.08. The predicted octanol–water partition coefficient (Wildman–Crippen LogP) is 0.830. The van der Waals surface area contributed by atoms with Crippen molar-refractivity contribution in [3.63, 3.8) is 0 Å². The van der Waals surface area contributed by atoms with Gasteiger partial charge < -0.3 is 15.2 Å². The van der Waals surface area contributed by atoms with E-state index in [9.17, 15) is 4.79 Å². The first-order valence-electron chi connectivity index (χ1n) is 5.14. The Hall–Kier alpha value is -1.62. The second-order valence-electron chi connectivity index (χ2n) is 3.36. The summed E-state index contributed by atoms with van der Waals surface area (Å²) in [6.45, 7) is 1.36. The van der Waals surface area contributed by atoms with E-state index in [4.69, 9.17) is 5.11 Å². The zero-order valence-electron chi connectivity index (χ0n) is 9.27. The number of carbonyl (C=O) groups excluding carboxylic acids is 1. The smallest absolute Gasteiger partial charge is 0.305 e. The molecule has 0 aliphatic heterocycles. The van der Waals surface area contributed by atoms with Crippen LogP contribution in [0.3, 0.4) is 0 Å². The van der Waals surface area contributed by atoms with Crippen molar-refractivity contribution in [2.24, 2.45) is 0 Å². The van der Waals surface area contributed by atoms with Gasteiger partial charge in [0, 0.05) is 13.0 Å². The fourth-order valence-electron chi connectivity index (χ4n) is 1.20. The summed E-state index contributed by atoms with van der Waals surface area (Å²) in [5.74, 6) is -0.0287. The molecule has 0 aliphatic carbocycles. The van der Waals surface area contributed by atoms with Crippen molar-refractivity contribution in [3.8, 4) is 5.75 Å². The van der Waals surface area contributed by atoms with Gasteiger partial charge >= 0.3 is 5.97 Å². The summed E-state index contributed by atoms with van der Waals surface area (Å²) in [5.41, 5.74) is 0.857. The Morgan fingerprint density at radius 1 is 1.56 bits per heavy atom. The van der Waals surface area contributed by atoms with Gasteiger partial charge in [0.1, 0.15) is 5.75 Å². The molecule has 0 saturated carbocycles. The third kappa shape index (κ3) is 4.75. The molecule has 1 aromatic rings. The van der Waals surface area contributed by atoms with Gasteiger partial charge in [-0.2, -0.15) is 0 Å². The number of methoxy groups -OCH3 is 1. The fraction of sp³-hybridized carbons (Fsp3) is 0.455. The molecule has 1 aromatic heterocycles. The van der Waals surface area contributed by atoms with E-state index in [1.54, 1.807) is 12.1 Å². The van der Waals surface area contributed by atoms with Crippen LogP contribution in [0.15, 0.2) is 18.3 Å². The highest BCUT2D eigenvalue weighted by Crippen LogP contribution is 2.05. The minimum absolute atomic E-state index is 0.162. The zero-order chi connectivity index (χ0) is 11.8. The molecule has 0 radical (unpaired) electrons. The van der Waals surface area contributed by atoms with E-state index >= 15 is 0 Å². The summed E-state index contributed by atoms with van der Waals surface area (Å²) in [7, 11) is 1.39. The molecule has 0 unspecified atom stereocenters. The van der Waals surface area contributed by atoms with E-state index in [0.29, 0.717) is 13.0 Å². The van der Waals surface area contributed by atoms with Crippen LogP contribution < -0.4 is 5.32 Å². The number of nitrogens with zero attached hydrogens (tertiary/aromatic N) is 1. The van der Waals surface area contributed by atoms with Crippen molar-refractivity contribution < 1.29 is 14.6 Å². The number of rotatable bonds is 6. The first kappa shape index (κ1) is 12.4. The summed E-state index contributed by atoms with van der Waals surface area (Å²) in [6, 6.07) is 3.35. The largest absolute Gasteiger partial charge is 0.506 e. The fourth-order valence-corrected chi connectivity index (χ4v) is 1.20. The summed E-state index contributed by atoms with van der Waals surface area (Å²) in [6.07, 6.45) is 2.57. The second-order valence-corrected chi connectivity index (χ2v) is 3.36. The summed E-state index contributed by atoms with van der Waals surface area (Å²) in [5, 5.41) is 12.2. The average Bonchev–Trinajstić information content (AvgIpc) is 2.31. The van der Waals surface area contributed by atoms with Crippen LogP contribution in [0.2, 0.25) is 0 Å². The molecule has 0 atom stereocenters. The van der Waals surface area contributed by atoms with Crippen molar-refractivity contribution in [3.05, 3.63) is 24.0 Å². The standard InChI is InChI=1S/C11H16N2O3/c1-16-11(15)3-2-6-12-7-9-4-5-10(14)8-13-9/h4-5,8,12,14H,2-3,6-7H2,1H3. The number of aromatic hydroxyl groups is 1. The Morgan fingerprint density at radius 2 is 2.38 bits per heavy atom. The minimum Gasteiger partial charge on any atom is -0.506 e. The lowest BCUT2D eigenvalue weighted by molar-refractivity contribution is -0.140. The lowest BCUT2D eigenvalue weighted by Gasteiger charge is -2.03. The topological polar surface area (TPSA) is 71.5 Å². The highest BCUT2D eigenvalue weighted by molar-refractivity contribution is 5.69. The summed E-state index contributed by atoms with van der Waals surface area (Å²) < 4.78 is 4.52. The number of ether oxygens (including phenoxy) is 1. The molecule has 2 N–H and O–H groups in total. The normalized spacial score (nSPS) is 10.1. The molecular weight excluding hydrogens is 208 g/mol. The molecule has 1 heterocycles. The molecule has 5 nitrogen and oxygen atoms in total. The molecule has 0 bridgehead atoms. The summed E-state index contributed by atoms with van der Waals surface area (Å²) >= 11 is 0. The number of aromatic nitrogens is 1. The molecule has 0 saturated heterocycles. The van der Waals surface area contributed by atoms with Crippen LogP contribution in [0.5, 0.6) is 5.75 Å². The highest BCUT2D eigenvalue weighted by atomic mass is 16.5. The van der Waals surface area contributed by atoms with Crippen LogP contribution in [-0.4, -0.2) is 29.7 Å². The van der Waals surface area contributed by atoms with Gasteiger partial charge in [0.2, 0.25) is 0 Å². The first-order valence-corrected chi connectivity index (χ1v) is 5.14. The lowest BCUT2D eigenvalue weighted by atomic mass is 10.3. The summed E-state index contributed by atoms with van der Waals surface area (Å²) in [4.78, 5) is 14.8. The van der Waals surface area contributed by atoms with Gasteiger partial charge in [0.15, 0.2) is 0 Å². The molecule has 1 rings (SSSR count). The SMILES string of the molecule is COC(=O)CCCNCc1ccc(O)cn1. The van der Waals surface area contributed by atoms with E-state index in [0.717, 1.165) is 18.7 Å². The molecule has 0 amide bonds. The molecule has 5 heteroatoms. The van der Waals surface area contributed by atoms with Crippen molar-refractivity contribution in [2.75, 3.05) is 13.7 Å². The second kappa shape index (κ2) is 6.79. The molecule has 16 heavy (non-hydrogen) atoms. The maximum Gasteiger partial charge on any atom is 0.305 e. The van der Waals surface area contributed by atoms with Crippen molar-refractivity contribution in [2.45, 2.75) is 19.4 Å². The van der Waals surface area contributed by atoms with Crippen molar-refractivity contribution in [1.29, 1.82) is 0 Å². The molecule has 0 fully saturated rings. The predicted molar refractivity (Wildman–Crippen MR) is 58.9 cm³/mol. The Balaban J connectivity index is 2.11. The Morgan fingerprint density at radius 3 is 3.00 bits per heavy atom. The minimum atomic E-state index is -0.190. The number of pyridine rings is 1. The van der Waals surface area contributed by atoms with Crippen molar-refractivity contribution >= 4 is 5.97 Å². The first-order chi connectivity index (χ1) is 7.72. The van der Waals surface area contributed by atoms with Gasteiger partial charge in [-0.1, -0.05) is 0 Å². The van der Waals surface area contributed by atoms with Gasteiger partial charge in [0.25, 0.3) is 0 Å². The molecule has 0 aromatic carbocycles. The Labute approximate surface area is 94.5 Å². The van der Waals surface area contributed by atoms with Crippen LogP contribution in [0.25, 0.3) is 0 Å². The van der Waals surface area contributed by atoms with E-state index in [2.05, 4.69) is 15.0 Å². The van der Waals surface area contributed by atoms with Gasteiger partial charge in [-0.25, -0.2) is 0 Å². The van der Waals surface area contributed by atoms with Gasteiger partial charge in [-0.15, -0.1) is 0 Å². The monoisotopic (exact) mass is 224 g/mol. The number of carbonyl (C=O) groups is 1. The maximum absolute atomic E-state index is 10.8. The average molecular weight is 224 g/mol. The molecule has 0 spiro atoms.